The van der Waals surface area contributed by atoms with Crippen molar-refractivity contribution in [2.24, 2.45) is 0 Å². The molecule has 1 saturated carbocycles. The summed E-state index contributed by atoms with van der Waals surface area (Å²) in [5.74, 6) is -0.517. The standard InChI is InChI=1S/C21H27NO4/c1-12-11-13(2)16(15(4)14(12)3)17-18(23)20(22-19(17)24)5-7-21(8-6-20)25-9-10-26-21/h11,23H,5-10H2,1-4H3,(H,22,24). The highest BCUT2D eigenvalue weighted by atomic mass is 16.7. The molecule has 2 fully saturated rings. The van der Waals surface area contributed by atoms with Gasteiger partial charge in [-0.25, -0.2) is 0 Å². The number of benzene rings is 1. The maximum absolute atomic E-state index is 12.9. The first-order valence-electron chi connectivity index (χ1n) is 9.40. The van der Waals surface area contributed by atoms with E-state index in [0.717, 1.165) is 22.3 Å². The number of aliphatic hydroxyl groups is 1. The van der Waals surface area contributed by atoms with Crippen LogP contribution in [0.2, 0.25) is 0 Å². The fraction of sp³-hybridized carbons (Fsp3) is 0.571. The molecule has 1 aromatic carbocycles. The smallest absolute Gasteiger partial charge is 0.256 e. The van der Waals surface area contributed by atoms with Crippen LogP contribution in [0.3, 0.4) is 0 Å². The summed E-state index contributed by atoms with van der Waals surface area (Å²) in [6, 6.07) is 2.09. The van der Waals surface area contributed by atoms with Gasteiger partial charge in [0, 0.05) is 12.8 Å². The minimum absolute atomic E-state index is 0.179. The molecule has 0 unspecified atom stereocenters. The Morgan fingerprint density at radius 1 is 0.962 bits per heavy atom. The van der Waals surface area contributed by atoms with E-state index in [1.54, 1.807) is 0 Å². The van der Waals surface area contributed by atoms with Gasteiger partial charge in [-0.15, -0.1) is 0 Å². The van der Waals surface area contributed by atoms with Gasteiger partial charge in [-0.2, -0.15) is 0 Å². The van der Waals surface area contributed by atoms with Gasteiger partial charge >= 0.3 is 0 Å². The van der Waals surface area contributed by atoms with Crippen molar-refractivity contribution in [2.75, 3.05) is 13.2 Å². The third-order valence-electron chi connectivity index (χ3n) is 6.56. The van der Waals surface area contributed by atoms with E-state index in [9.17, 15) is 9.90 Å². The minimum Gasteiger partial charge on any atom is -0.509 e. The average Bonchev–Trinajstić information content (AvgIpc) is 3.15. The second kappa shape index (κ2) is 5.83. The van der Waals surface area contributed by atoms with Gasteiger partial charge in [0.05, 0.1) is 24.3 Å². The molecule has 1 aliphatic carbocycles. The first-order chi connectivity index (χ1) is 12.3. The van der Waals surface area contributed by atoms with Gasteiger partial charge in [0.25, 0.3) is 5.91 Å². The van der Waals surface area contributed by atoms with E-state index in [4.69, 9.17) is 9.47 Å². The third kappa shape index (κ3) is 2.41. The molecule has 4 rings (SSSR count). The van der Waals surface area contributed by atoms with Crippen molar-refractivity contribution in [2.45, 2.75) is 64.7 Å². The normalized spacial score (nSPS) is 23.9. The van der Waals surface area contributed by atoms with E-state index in [0.29, 0.717) is 44.5 Å². The Bertz CT molecular complexity index is 808. The van der Waals surface area contributed by atoms with Crippen molar-refractivity contribution >= 4 is 11.5 Å². The van der Waals surface area contributed by atoms with Crippen molar-refractivity contribution in [3.63, 3.8) is 0 Å². The molecule has 0 bridgehead atoms. The summed E-state index contributed by atoms with van der Waals surface area (Å²) in [7, 11) is 0. The summed E-state index contributed by atoms with van der Waals surface area (Å²) >= 11 is 0. The summed E-state index contributed by atoms with van der Waals surface area (Å²) in [4.78, 5) is 12.9. The second-order valence-electron chi connectivity index (χ2n) is 8.00. The Morgan fingerprint density at radius 3 is 2.19 bits per heavy atom. The van der Waals surface area contributed by atoms with Crippen LogP contribution in [-0.2, 0) is 14.3 Å². The molecule has 26 heavy (non-hydrogen) atoms. The van der Waals surface area contributed by atoms with Crippen LogP contribution < -0.4 is 5.32 Å². The molecule has 2 aliphatic heterocycles. The number of amides is 1. The number of ether oxygens (including phenoxy) is 2. The number of hydrogen-bond acceptors (Lipinski definition) is 4. The highest BCUT2D eigenvalue weighted by Crippen LogP contribution is 2.47. The van der Waals surface area contributed by atoms with Crippen LogP contribution in [-0.4, -0.2) is 35.6 Å². The van der Waals surface area contributed by atoms with E-state index < -0.39 is 11.3 Å². The lowest BCUT2D eigenvalue weighted by Gasteiger charge is -2.41. The van der Waals surface area contributed by atoms with Crippen LogP contribution in [0, 0.1) is 27.7 Å². The van der Waals surface area contributed by atoms with Gasteiger partial charge in [0.1, 0.15) is 5.76 Å². The van der Waals surface area contributed by atoms with Gasteiger partial charge in [0.15, 0.2) is 5.79 Å². The molecule has 2 spiro atoms. The zero-order valence-electron chi connectivity index (χ0n) is 16.0. The van der Waals surface area contributed by atoms with Crippen LogP contribution in [0.4, 0.5) is 0 Å². The number of carbonyl (C=O) groups excluding carboxylic acids is 1. The van der Waals surface area contributed by atoms with Crippen LogP contribution in [0.25, 0.3) is 5.57 Å². The molecule has 140 valence electrons. The van der Waals surface area contributed by atoms with Gasteiger partial charge in [-0.05, 0) is 68.4 Å². The molecule has 0 atom stereocenters. The van der Waals surface area contributed by atoms with Crippen LogP contribution in [0.15, 0.2) is 11.8 Å². The highest BCUT2D eigenvalue weighted by molar-refractivity contribution is 6.24. The first-order valence-corrected chi connectivity index (χ1v) is 9.40. The predicted octanol–water partition coefficient (Wildman–Crippen LogP) is 3.38. The number of rotatable bonds is 1. The Morgan fingerprint density at radius 2 is 1.58 bits per heavy atom. The summed E-state index contributed by atoms with van der Waals surface area (Å²) in [6.45, 7) is 9.41. The molecule has 0 radical (unpaired) electrons. The molecule has 2 N–H and O–H groups in total. The number of aliphatic hydroxyl groups excluding tert-OH is 1. The van der Waals surface area contributed by atoms with Crippen molar-refractivity contribution in [1.82, 2.24) is 5.32 Å². The van der Waals surface area contributed by atoms with Crippen molar-refractivity contribution < 1.29 is 19.4 Å². The number of aryl methyl sites for hydroxylation is 2. The molecule has 1 saturated heterocycles. The summed E-state index contributed by atoms with van der Waals surface area (Å²) < 4.78 is 11.6. The fourth-order valence-corrected chi connectivity index (χ4v) is 4.79. The quantitative estimate of drug-likeness (QED) is 0.809. The molecular weight excluding hydrogens is 330 g/mol. The molecule has 5 nitrogen and oxygen atoms in total. The molecular formula is C21H27NO4. The number of hydrogen-bond donors (Lipinski definition) is 2. The molecule has 1 amide bonds. The molecule has 2 heterocycles. The SMILES string of the molecule is Cc1cc(C)c(C2=C(O)C3(CCC4(CC3)OCCO4)NC2=O)c(C)c1C. The summed E-state index contributed by atoms with van der Waals surface area (Å²) in [6.07, 6.45) is 2.60. The average molecular weight is 357 g/mol. The first kappa shape index (κ1) is 17.6. The van der Waals surface area contributed by atoms with Crippen molar-refractivity contribution in [3.05, 3.63) is 39.6 Å². The maximum atomic E-state index is 12.9. The van der Waals surface area contributed by atoms with E-state index in [2.05, 4.69) is 25.2 Å². The Kier molecular flexibility index (Phi) is 3.93. The molecule has 0 aromatic heterocycles. The third-order valence-corrected chi connectivity index (χ3v) is 6.56. The molecule has 1 aromatic rings. The molecule has 3 aliphatic rings. The highest BCUT2D eigenvalue weighted by Gasteiger charge is 2.53. The zero-order chi connectivity index (χ0) is 18.7. The van der Waals surface area contributed by atoms with E-state index in [1.807, 2.05) is 13.8 Å². The van der Waals surface area contributed by atoms with Gasteiger partial charge in [-0.1, -0.05) is 6.07 Å². The van der Waals surface area contributed by atoms with Crippen molar-refractivity contribution in [3.8, 4) is 0 Å². The lowest BCUT2D eigenvalue weighted by atomic mass is 9.77. The Labute approximate surface area is 154 Å². The second-order valence-corrected chi connectivity index (χ2v) is 8.00. The fourth-order valence-electron chi connectivity index (χ4n) is 4.79. The van der Waals surface area contributed by atoms with Gasteiger partial charge in [-0.3, -0.25) is 4.79 Å². The van der Waals surface area contributed by atoms with E-state index in [-0.39, 0.29) is 11.7 Å². The summed E-state index contributed by atoms with van der Waals surface area (Å²) in [5, 5.41) is 14.2. The lowest BCUT2D eigenvalue weighted by molar-refractivity contribution is -0.185. The molecule has 5 heteroatoms. The largest absolute Gasteiger partial charge is 0.509 e. The topological polar surface area (TPSA) is 67.8 Å². The zero-order valence-corrected chi connectivity index (χ0v) is 16.0. The Hall–Kier alpha value is -1.85. The minimum atomic E-state index is -0.690. The monoisotopic (exact) mass is 357 g/mol. The van der Waals surface area contributed by atoms with Crippen LogP contribution in [0.5, 0.6) is 0 Å². The van der Waals surface area contributed by atoms with E-state index >= 15 is 0 Å². The number of nitrogens with one attached hydrogen (secondary N) is 1. The van der Waals surface area contributed by atoms with Gasteiger partial charge in [0.2, 0.25) is 0 Å². The van der Waals surface area contributed by atoms with Gasteiger partial charge < -0.3 is 19.9 Å². The summed E-state index contributed by atoms with van der Waals surface area (Å²) in [5.41, 5.74) is 5.06. The van der Waals surface area contributed by atoms with E-state index in [1.165, 1.54) is 5.56 Å². The lowest BCUT2D eigenvalue weighted by Crippen LogP contribution is -2.51. The van der Waals surface area contributed by atoms with Crippen molar-refractivity contribution in [1.29, 1.82) is 0 Å². The number of carbonyl (C=O) groups is 1. The van der Waals surface area contributed by atoms with Crippen LogP contribution in [0.1, 0.15) is 53.5 Å². The predicted molar refractivity (Wildman–Crippen MR) is 98.9 cm³/mol. The maximum Gasteiger partial charge on any atom is 0.256 e. The Balaban J connectivity index is 1.74. The van der Waals surface area contributed by atoms with Crippen LogP contribution >= 0.6 is 0 Å².